The predicted octanol–water partition coefficient (Wildman–Crippen LogP) is 2.10. The van der Waals surface area contributed by atoms with Gasteiger partial charge in [-0.05, 0) is 38.0 Å². The van der Waals surface area contributed by atoms with Crippen molar-refractivity contribution in [3.63, 3.8) is 0 Å². The van der Waals surface area contributed by atoms with E-state index in [2.05, 4.69) is 10.3 Å². The van der Waals surface area contributed by atoms with Crippen LogP contribution in [0.5, 0.6) is 5.75 Å². The second-order valence-corrected chi connectivity index (χ2v) is 8.58. The molecule has 0 saturated heterocycles. The molecule has 3 aromatic rings. The summed E-state index contributed by atoms with van der Waals surface area (Å²) >= 11 is 0. The van der Waals surface area contributed by atoms with Gasteiger partial charge in [0.15, 0.2) is 5.65 Å². The maximum absolute atomic E-state index is 13.7. The third kappa shape index (κ3) is 4.68. The molecule has 0 unspecified atom stereocenters. The highest BCUT2D eigenvalue weighted by Gasteiger charge is 2.25. The molecule has 184 valence electrons. The molecular formula is C25H28N4O6. The van der Waals surface area contributed by atoms with E-state index in [0.29, 0.717) is 17.1 Å². The SMILES string of the molecule is COC(=O)c1cc(C)nc2c1c(=O)n(CC(=O)NC1CCCCC1)c(=O)n2-c1ccccc1OC. The minimum absolute atomic E-state index is 0.0128. The molecule has 0 radical (unpaired) electrons. The van der Waals surface area contributed by atoms with Crippen molar-refractivity contribution >= 4 is 22.9 Å². The number of fused-ring (bicyclic) bond motifs is 1. The number of pyridine rings is 1. The van der Waals surface area contributed by atoms with Crippen molar-refractivity contribution in [2.75, 3.05) is 14.2 Å². The minimum Gasteiger partial charge on any atom is -0.495 e. The normalized spacial score (nSPS) is 14.0. The highest BCUT2D eigenvalue weighted by atomic mass is 16.5. The first-order valence-corrected chi connectivity index (χ1v) is 11.5. The van der Waals surface area contributed by atoms with Gasteiger partial charge in [-0.15, -0.1) is 0 Å². The molecule has 0 spiro atoms. The van der Waals surface area contributed by atoms with Crippen molar-refractivity contribution in [2.24, 2.45) is 0 Å². The number of para-hydroxylation sites is 2. The van der Waals surface area contributed by atoms with Crippen LogP contribution in [0.4, 0.5) is 0 Å². The lowest BCUT2D eigenvalue weighted by Gasteiger charge is -2.23. The van der Waals surface area contributed by atoms with Crippen molar-refractivity contribution < 1.29 is 19.1 Å². The van der Waals surface area contributed by atoms with Gasteiger partial charge in [0, 0.05) is 11.7 Å². The first-order valence-electron chi connectivity index (χ1n) is 11.5. The molecule has 1 aromatic carbocycles. The quantitative estimate of drug-likeness (QED) is 0.536. The summed E-state index contributed by atoms with van der Waals surface area (Å²) in [6.45, 7) is 1.15. The average molecular weight is 481 g/mol. The molecule has 0 atom stereocenters. The Kier molecular flexibility index (Phi) is 6.99. The van der Waals surface area contributed by atoms with Crippen LogP contribution in [0, 0.1) is 6.92 Å². The van der Waals surface area contributed by atoms with Gasteiger partial charge in [-0.1, -0.05) is 31.4 Å². The van der Waals surface area contributed by atoms with Crippen LogP contribution in [0.25, 0.3) is 16.7 Å². The van der Waals surface area contributed by atoms with E-state index in [0.717, 1.165) is 36.7 Å². The molecule has 1 amide bonds. The Morgan fingerprint density at radius 3 is 2.51 bits per heavy atom. The first kappa shape index (κ1) is 24.2. The smallest absolute Gasteiger partial charge is 0.338 e. The topological polar surface area (TPSA) is 122 Å². The van der Waals surface area contributed by atoms with E-state index in [1.165, 1.54) is 24.9 Å². The van der Waals surface area contributed by atoms with Crippen LogP contribution in [0.15, 0.2) is 39.9 Å². The first-order chi connectivity index (χ1) is 16.8. The Bertz CT molecular complexity index is 1400. The number of benzene rings is 1. The van der Waals surface area contributed by atoms with Crippen LogP contribution in [0.2, 0.25) is 0 Å². The van der Waals surface area contributed by atoms with E-state index in [-0.39, 0.29) is 22.6 Å². The van der Waals surface area contributed by atoms with E-state index in [4.69, 9.17) is 9.47 Å². The van der Waals surface area contributed by atoms with Crippen LogP contribution in [-0.4, -0.2) is 46.3 Å². The molecule has 0 bridgehead atoms. The molecule has 1 aliphatic carbocycles. The Hall–Kier alpha value is -3.95. The number of esters is 1. The number of ether oxygens (including phenoxy) is 2. The highest BCUT2D eigenvalue weighted by Crippen LogP contribution is 2.25. The van der Waals surface area contributed by atoms with Crippen LogP contribution in [0.3, 0.4) is 0 Å². The van der Waals surface area contributed by atoms with E-state index in [1.807, 2.05) is 0 Å². The van der Waals surface area contributed by atoms with Gasteiger partial charge in [0.25, 0.3) is 5.56 Å². The van der Waals surface area contributed by atoms with Crippen LogP contribution in [-0.2, 0) is 16.1 Å². The van der Waals surface area contributed by atoms with E-state index >= 15 is 0 Å². The minimum atomic E-state index is -0.789. The summed E-state index contributed by atoms with van der Waals surface area (Å²) in [6.07, 6.45) is 4.89. The standard InChI is InChI=1S/C25H28N4O6/c1-15-13-17(24(32)35-3)21-22(26-15)29(18-11-7-8-12-19(18)34-2)25(33)28(23(21)31)14-20(30)27-16-9-5-4-6-10-16/h7-8,11-13,16H,4-6,9-10,14H2,1-3H3,(H,27,30). The molecule has 10 nitrogen and oxygen atoms in total. The van der Waals surface area contributed by atoms with Crippen LogP contribution >= 0.6 is 0 Å². The lowest BCUT2D eigenvalue weighted by Crippen LogP contribution is -2.46. The van der Waals surface area contributed by atoms with Crippen molar-refractivity contribution in [2.45, 2.75) is 51.6 Å². The summed E-state index contributed by atoms with van der Waals surface area (Å²) < 4.78 is 12.4. The number of nitrogens with one attached hydrogen (secondary N) is 1. The molecule has 35 heavy (non-hydrogen) atoms. The Labute approximate surface area is 201 Å². The van der Waals surface area contributed by atoms with Crippen LogP contribution in [0.1, 0.15) is 48.2 Å². The second-order valence-electron chi connectivity index (χ2n) is 8.58. The summed E-state index contributed by atoms with van der Waals surface area (Å²) in [4.78, 5) is 57.1. The molecule has 2 heterocycles. The molecule has 2 aromatic heterocycles. The zero-order valence-electron chi connectivity index (χ0n) is 20.0. The van der Waals surface area contributed by atoms with Gasteiger partial charge in [-0.2, -0.15) is 0 Å². The summed E-state index contributed by atoms with van der Waals surface area (Å²) in [5.74, 6) is -0.835. The fraction of sp³-hybridized carbons (Fsp3) is 0.400. The summed E-state index contributed by atoms with van der Waals surface area (Å²) in [5, 5.41) is 2.82. The third-order valence-electron chi connectivity index (χ3n) is 6.22. The maximum atomic E-state index is 13.7. The fourth-order valence-corrected chi connectivity index (χ4v) is 4.57. The Morgan fingerprint density at radius 2 is 1.83 bits per heavy atom. The monoisotopic (exact) mass is 480 g/mol. The molecule has 4 rings (SSSR count). The van der Waals surface area contributed by atoms with Gasteiger partial charge in [0.05, 0.1) is 30.9 Å². The molecule has 10 heteroatoms. The highest BCUT2D eigenvalue weighted by molar-refractivity contribution is 6.02. The zero-order valence-corrected chi connectivity index (χ0v) is 20.0. The number of aromatic nitrogens is 3. The van der Waals surface area contributed by atoms with E-state index < -0.39 is 29.7 Å². The molecule has 1 saturated carbocycles. The Morgan fingerprint density at radius 1 is 1.11 bits per heavy atom. The number of carbonyl (C=O) groups excluding carboxylic acids is 2. The van der Waals surface area contributed by atoms with Crippen LogP contribution < -0.4 is 21.3 Å². The van der Waals surface area contributed by atoms with E-state index in [1.54, 1.807) is 31.2 Å². The summed E-state index contributed by atoms with van der Waals surface area (Å²) in [5.41, 5.74) is -0.880. The van der Waals surface area contributed by atoms with Crippen molar-refractivity contribution in [1.82, 2.24) is 19.4 Å². The number of amides is 1. The van der Waals surface area contributed by atoms with Gasteiger partial charge in [-0.25, -0.2) is 23.7 Å². The molecule has 1 aliphatic rings. The maximum Gasteiger partial charge on any atom is 0.338 e. The lowest BCUT2D eigenvalue weighted by molar-refractivity contribution is -0.122. The van der Waals surface area contributed by atoms with E-state index in [9.17, 15) is 19.2 Å². The van der Waals surface area contributed by atoms with Gasteiger partial charge >= 0.3 is 11.7 Å². The summed E-state index contributed by atoms with van der Waals surface area (Å²) in [7, 11) is 2.66. The number of nitrogens with zero attached hydrogens (tertiary/aromatic N) is 3. The fourth-order valence-electron chi connectivity index (χ4n) is 4.57. The van der Waals surface area contributed by atoms with Gasteiger partial charge in [0.1, 0.15) is 12.3 Å². The average Bonchev–Trinajstić information content (AvgIpc) is 2.86. The number of carbonyl (C=O) groups is 2. The summed E-state index contributed by atoms with van der Waals surface area (Å²) in [6, 6.07) is 8.19. The molecule has 1 N–H and O–H groups in total. The second kappa shape index (κ2) is 10.1. The number of aryl methyl sites for hydroxylation is 1. The zero-order chi connectivity index (χ0) is 25.1. The van der Waals surface area contributed by atoms with Crippen molar-refractivity contribution in [3.05, 3.63) is 62.4 Å². The van der Waals surface area contributed by atoms with Crippen molar-refractivity contribution in [1.29, 1.82) is 0 Å². The van der Waals surface area contributed by atoms with Crippen molar-refractivity contribution in [3.8, 4) is 11.4 Å². The Balaban J connectivity index is 1.97. The largest absolute Gasteiger partial charge is 0.495 e. The molecule has 1 fully saturated rings. The van der Waals surface area contributed by atoms with Gasteiger partial charge < -0.3 is 14.8 Å². The molecular weight excluding hydrogens is 452 g/mol. The number of hydrogen-bond donors (Lipinski definition) is 1. The van der Waals surface area contributed by atoms with Gasteiger partial charge in [0.2, 0.25) is 5.91 Å². The number of hydrogen-bond acceptors (Lipinski definition) is 7. The predicted molar refractivity (Wildman–Crippen MR) is 129 cm³/mol. The van der Waals surface area contributed by atoms with Gasteiger partial charge in [-0.3, -0.25) is 9.59 Å². The number of rotatable bonds is 6. The third-order valence-corrected chi connectivity index (χ3v) is 6.22. The molecule has 0 aliphatic heterocycles. The number of methoxy groups -OCH3 is 2. The lowest BCUT2D eigenvalue weighted by atomic mass is 9.95.